The molecule has 2 bridgehead atoms. The van der Waals surface area contributed by atoms with Crippen LogP contribution in [-0.2, 0) is 19.1 Å². The minimum atomic E-state index is -0.603. The van der Waals surface area contributed by atoms with Crippen molar-refractivity contribution in [3.8, 4) is 0 Å². The summed E-state index contributed by atoms with van der Waals surface area (Å²) in [7, 11) is 0. The smallest absolute Gasteiger partial charge is 0.339 e. The SMILES string of the molecule is CCC/C=C1\OC(=O)C2=CC3CCC21[C@@H](CCC)[C@]31OC(=O)C2=C1CCC=C2. The van der Waals surface area contributed by atoms with Crippen molar-refractivity contribution < 1.29 is 19.1 Å². The molecule has 0 N–H and O–H groups in total. The van der Waals surface area contributed by atoms with E-state index in [4.69, 9.17) is 9.47 Å². The molecule has 0 aromatic carbocycles. The Balaban J connectivity index is 1.74. The summed E-state index contributed by atoms with van der Waals surface area (Å²) in [4.78, 5) is 25.7. The molecule has 6 aliphatic rings. The molecule has 6 rings (SSSR count). The van der Waals surface area contributed by atoms with Crippen LogP contribution in [0.4, 0.5) is 0 Å². The van der Waals surface area contributed by atoms with Crippen LogP contribution in [0.1, 0.15) is 65.2 Å². The molecule has 0 radical (unpaired) electrons. The Bertz CT molecular complexity index is 873. The molecule has 2 heterocycles. The van der Waals surface area contributed by atoms with Crippen LogP contribution in [0.3, 0.4) is 0 Å². The summed E-state index contributed by atoms with van der Waals surface area (Å²) in [5.41, 5.74) is 1.73. The lowest BCUT2D eigenvalue weighted by molar-refractivity contribution is -0.170. The summed E-state index contributed by atoms with van der Waals surface area (Å²) >= 11 is 0. The maximum absolute atomic E-state index is 12.9. The molecule has 2 aliphatic heterocycles. The van der Waals surface area contributed by atoms with Gasteiger partial charge in [-0.2, -0.15) is 0 Å². The molecule has 28 heavy (non-hydrogen) atoms. The summed E-state index contributed by atoms with van der Waals surface area (Å²) in [6.07, 6.45) is 15.7. The summed E-state index contributed by atoms with van der Waals surface area (Å²) in [5.74, 6) is 0.585. The van der Waals surface area contributed by atoms with E-state index in [-0.39, 0.29) is 23.8 Å². The lowest BCUT2D eigenvalue weighted by Crippen LogP contribution is -2.60. The molecule has 4 nitrogen and oxygen atoms in total. The van der Waals surface area contributed by atoms with Crippen molar-refractivity contribution in [3.63, 3.8) is 0 Å². The Morgan fingerprint density at radius 2 is 2.07 bits per heavy atom. The molecule has 4 aliphatic carbocycles. The van der Waals surface area contributed by atoms with Crippen molar-refractivity contribution in [2.45, 2.75) is 70.8 Å². The Morgan fingerprint density at radius 3 is 2.86 bits per heavy atom. The summed E-state index contributed by atoms with van der Waals surface area (Å²) < 4.78 is 12.2. The number of unbranched alkanes of at least 4 members (excludes halogenated alkanes) is 1. The number of ether oxygens (including phenoxy) is 2. The fourth-order valence-corrected chi connectivity index (χ4v) is 6.56. The van der Waals surface area contributed by atoms with E-state index >= 15 is 0 Å². The van der Waals surface area contributed by atoms with Crippen molar-refractivity contribution in [3.05, 3.63) is 46.8 Å². The van der Waals surface area contributed by atoms with E-state index < -0.39 is 11.0 Å². The molecule has 4 atom stereocenters. The normalized spacial score (nSPS) is 39.4. The third-order valence-corrected chi connectivity index (χ3v) is 7.54. The largest absolute Gasteiger partial charge is 0.450 e. The predicted molar refractivity (Wildman–Crippen MR) is 105 cm³/mol. The molecule has 2 fully saturated rings. The fraction of sp³-hybridized carbons (Fsp3) is 0.583. The standard InChI is InChI=1S/C24H28O4/c1-3-5-11-20-23-13-12-15(14-18(23)22(26)27-20)24(19(23)8-4-2)17-10-7-6-9-16(17)21(25)28-24/h6,9,11,14-15,19H,3-5,7-8,10,12-13H2,1-2H3/b20-11-/t15?,19-,23?,24+/m1/s1. The van der Waals surface area contributed by atoms with Crippen LogP contribution in [0.25, 0.3) is 0 Å². The Hall–Kier alpha value is -2.10. The van der Waals surface area contributed by atoms with Gasteiger partial charge in [0, 0.05) is 17.4 Å². The van der Waals surface area contributed by atoms with Crippen molar-refractivity contribution in [1.82, 2.24) is 0 Å². The lowest BCUT2D eigenvalue weighted by atomic mass is 9.46. The van der Waals surface area contributed by atoms with Crippen molar-refractivity contribution in [2.75, 3.05) is 0 Å². The van der Waals surface area contributed by atoms with Crippen LogP contribution in [-0.4, -0.2) is 17.5 Å². The highest BCUT2D eigenvalue weighted by Crippen LogP contribution is 2.70. The molecule has 148 valence electrons. The third kappa shape index (κ3) is 2.01. The molecule has 0 amide bonds. The van der Waals surface area contributed by atoms with Crippen molar-refractivity contribution in [2.24, 2.45) is 17.3 Å². The molecule has 1 saturated heterocycles. The van der Waals surface area contributed by atoms with Gasteiger partial charge in [-0.25, -0.2) is 9.59 Å². The van der Waals surface area contributed by atoms with Gasteiger partial charge in [0.1, 0.15) is 11.4 Å². The van der Waals surface area contributed by atoms with Gasteiger partial charge in [0.15, 0.2) is 0 Å². The Morgan fingerprint density at radius 1 is 1.21 bits per heavy atom. The molecule has 2 unspecified atom stereocenters. The number of esters is 2. The number of hydrogen-bond donors (Lipinski definition) is 0. The van der Waals surface area contributed by atoms with Gasteiger partial charge < -0.3 is 9.47 Å². The lowest BCUT2D eigenvalue weighted by Gasteiger charge is -2.58. The van der Waals surface area contributed by atoms with Gasteiger partial charge in [0.2, 0.25) is 0 Å². The van der Waals surface area contributed by atoms with Crippen LogP contribution < -0.4 is 0 Å². The third-order valence-electron chi connectivity index (χ3n) is 7.54. The monoisotopic (exact) mass is 380 g/mol. The van der Waals surface area contributed by atoms with E-state index in [1.807, 2.05) is 6.08 Å². The van der Waals surface area contributed by atoms with Gasteiger partial charge in [-0.15, -0.1) is 0 Å². The molecule has 1 saturated carbocycles. The zero-order chi connectivity index (χ0) is 19.5. The zero-order valence-corrected chi connectivity index (χ0v) is 16.8. The minimum Gasteiger partial charge on any atom is -0.450 e. The zero-order valence-electron chi connectivity index (χ0n) is 16.8. The number of cyclic esters (lactones) is 1. The second-order valence-electron chi connectivity index (χ2n) is 8.80. The highest BCUT2D eigenvalue weighted by atomic mass is 16.6. The van der Waals surface area contributed by atoms with E-state index in [2.05, 4.69) is 32.1 Å². The highest BCUT2D eigenvalue weighted by molar-refractivity contribution is 5.99. The van der Waals surface area contributed by atoms with E-state index in [9.17, 15) is 9.59 Å². The Labute approximate surface area is 166 Å². The van der Waals surface area contributed by atoms with Gasteiger partial charge in [0.05, 0.1) is 11.0 Å². The number of fused-ring (bicyclic) bond motifs is 1. The molecule has 4 heteroatoms. The predicted octanol–water partition coefficient (Wildman–Crippen LogP) is 4.92. The number of rotatable bonds is 4. The summed E-state index contributed by atoms with van der Waals surface area (Å²) in [5, 5.41) is 0. The number of carbonyl (C=O) groups excluding carboxylic acids is 2. The van der Waals surface area contributed by atoms with E-state index in [1.165, 1.54) is 5.57 Å². The second-order valence-corrected chi connectivity index (χ2v) is 8.80. The van der Waals surface area contributed by atoms with E-state index in [0.29, 0.717) is 0 Å². The first-order valence-electron chi connectivity index (χ1n) is 10.9. The van der Waals surface area contributed by atoms with Crippen molar-refractivity contribution in [1.29, 1.82) is 0 Å². The Kier molecular flexibility index (Phi) is 3.98. The molecule has 0 aromatic rings. The van der Waals surface area contributed by atoms with Gasteiger partial charge in [-0.3, -0.25) is 0 Å². The maximum atomic E-state index is 12.9. The highest BCUT2D eigenvalue weighted by Gasteiger charge is 2.71. The van der Waals surface area contributed by atoms with Crippen molar-refractivity contribution >= 4 is 11.9 Å². The van der Waals surface area contributed by atoms with Crippen LogP contribution in [0, 0.1) is 17.3 Å². The van der Waals surface area contributed by atoms with Gasteiger partial charge in [-0.1, -0.05) is 44.9 Å². The van der Waals surface area contributed by atoms with Crippen LogP contribution in [0.5, 0.6) is 0 Å². The first-order valence-corrected chi connectivity index (χ1v) is 10.9. The topological polar surface area (TPSA) is 52.6 Å². The van der Waals surface area contributed by atoms with Crippen LogP contribution in [0.2, 0.25) is 0 Å². The van der Waals surface area contributed by atoms with Crippen LogP contribution in [0.15, 0.2) is 46.8 Å². The first kappa shape index (κ1) is 18.0. The molecule has 0 aromatic heterocycles. The first-order chi connectivity index (χ1) is 13.6. The van der Waals surface area contributed by atoms with E-state index in [1.54, 1.807) is 0 Å². The van der Waals surface area contributed by atoms with Gasteiger partial charge in [0.25, 0.3) is 0 Å². The quantitative estimate of drug-likeness (QED) is 0.650. The average Bonchev–Trinajstić information content (AvgIpc) is 3.16. The average molecular weight is 380 g/mol. The molecular weight excluding hydrogens is 352 g/mol. The maximum Gasteiger partial charge on any atom is 0.339 e. The summed E-state index contributed by atoms with van der Waals surface area (Å²) in [6, 6.07) is 0. The number of carbonyl (C=O) groups is 2. The van der Waals surface area contributed by atoms with Crippen LogP contribution >= 0.6 is 0 Å². The molecule has 2 spiro atoms. The number of allylic oxidation sites excluding steroid dienone is 3. The van der Waals surface area contributed by atoms with Gasteiger partial charge >= 0.3 is 11.9 Å². The minimum absolute atomic E-state index is 0.0706. The van der Waals surface area contributed by atoms with Gasteiger partial charge in [-0.05, 0) is 50.2 Å². The van der Waals surface area contributed by atoms with E-state index in [0.717, 1.165) is 68.3 Å². The number of hydrogen-bond acceptors (Lipinski definition) is 4. The second kappa shape index (κ2) is 6.20. The summed E-state index contributed by atoms with van der Waals surface area (Å²) in [6.45, 7) is 4.31. The molecular formula is C24H28O4. The fourth-order valence-electron chi connectivity index (χ4n) is 6.56.